The van der Waals surface area contributed by atoms with Crippen molar-refractivity contribution in [3.8, 4) is 0 Å². The number of nitrogens with one attached hydrogen (secondary N) is 1. The lowest BCUT2D eigenvalue weighted by Crippen LogP contribution is -2.08. The Labute approximate surface area is 127 Å². The smallest absolute Gasteiger partial charge is 0.295 e. The fourth-order valence-electron chi connectivity index (χ4n) is 1.75. The first-order chi connectivity index (χ1) is 9.90. The molecule has 2 rings (SSSR count). The lowest BCUT2D eigenvalue weighted by Gasteiger charge is -2.06. The van der Waals surface area contributed by atoms with E-state index in [1.54, 1.807) is 48.6 Å². The standard InChI is InChI=1S/C14H13ClN2O3S/c15-12-6-2-10(3-7-12)1-4-11-5-8-13(17-16)9-14(11)21(18,19)20/h1-9,17H,16H2,(H,18,19,20). The molecule has 0 aliphatic heterocycles. The maximum absolute atomic E-state index is 11.4. The first-order valence-corrected chi connectivity index (χ1v) is 7.74. The third kappa shape index (κ3) is 4.05. The molecule has 4 N–H and O–H groups in total. The summed E-state index contributed by atoms with van der Waals surface area (Å²) in [6.07, 6.45) is 3.31. The number of anilines is 1. The number of nitrogen functional groups attached to an aromatic ring is 1. The van der Waals surface area contributed by atoms with Gasteiger partial charge < -0.3 is 5.43 Å². The minimum Gasteiger partial charge on any atom is -0.324 e. The van der Waals surface area contributed by atoms with Crippen LogP contribution in [0, 0.1) is 0 Å². The summed E-state index contributed by atoms with van der Waals surface area (Å²) in [4.78, 5) is -0.219. The highest BCUT2D eigenvalue weighted by atomic mass is 35.5. The molecule has 110 valence electrons. The Bertz CT molecular complexity index is 771. The first kappa shape index (κ1) is 15.5. The van der Waals surface area contributed by atoms with Gasteiger partial charge in [0.1, 0.15) is 4.90 Å². The maximum Gasteiger partial charge on any atom is 0.295 e. The molecule has 0 bridgehead atoms. The second-order valence-corrected chi connectivity index (χ2v) is 6.08. The van der Waals surface area contributed by atoms with E-state index in [-0.39, 0.29) is 4.90 Å². The third-order valence-corrected chi connectivity index (χ3v) is 3.94. The number of hydrazine groups is 1. The van der Waals surface area contributed by atoms with Crippen molar-refractivity contribution in [3.05, 3.63) is 58.6 Å². The molecule has 0 amide bonds. The van der Waals surface area contributed by atoms with Crippen molar-refractivity contribution >= 4 is 39.6 Å². The summed E-state index contributed by atoms with van der Waals surface area (Å²) < 4.78 is 32.1. The molecule has 0 aliphatic rings. The van der Waals surface area contributed by atoms with Crippen LogP contribution in [-0.2, 0) is 10.1 Å². The average molecular weight is 325 g/mol. The van der Waals surface area contributed by atoms with E-state index < -0.39 is 10.1 Å². The Morgan fingerprint density at radius 1 is 1.10 bits per heavy atom. The van der Waals surface area contributed by atoms with Crippen LogP contribution in [0.2, 0.25) is 5.02 Å². The van der Waals surface area contributed by atoms with Gasteiger partial charge in [-0.1, -0.05) is 42.0 Å². The Hall–Kier alpha value is -1.86. The zero-order chi connectivity index (χ0) is 15.5. The average Bonchev–Trinajstić information content (AvgIpc) is 2.45. The summed E-state index contributed by atoms with van der Waals surface area (Å²) >= 11 is 5.79. The lowest BCUT2D eigenvalue weighted by molar-refractivity contribution is 0.483. The van der Waals surface area contributed by atoms with Crippen molar-refractivity contribution in [1.29, 1.82) is 0 Å². The summed E-state index contributed by atoms with van der Waals surface area (Å²) in [7, 11) is -4.35. The van der Waals surface area contributed by atoms with Crippen molar-refractivity contribution in [2.45, 2.75) is 4.90 Å². The number of halogens is 1. The summed E-state index contributed by atoms with van der Waals surface area (Å²) in [6.45, 7) is 0. The van der Waals surface area contributed by atoms with Gasteiger partial charge in [0.15, 0.2) is 0 Å². The van der Waals surface area contributed by atoms with Crippen LogP contribution < -0.4 is 11.3 Å². The van der Waals surface area contributed by atoms with Gasteiger partial charge >= 0.3 is 0 Å². The highest BCUT2D eigenvalue weighted by molar-refractivity contribution is 7.86. The predicted octanol–water partition coefficient (Wildman–Crippen LogP) is 3.04. The fraction of sp³-hybridized carbons (Fsp3) is 0. The zero-order valence-corrected chi connectivity index (χ0v) is 12.4. The van der Waals surface area contributed by atoms with E-state index >= 15 is 0 Å². The molecule has 0 spiro atoms. The van der Waals surface area contributed by atoms with E-state index in [0.717, 1.165) is 5.56 Å². The van der Waals surface area contributed by atoms with Crippen LogP contribution in [0.25, 0.3) is 12.2 Å². The van der Waals surface area contributed by atoms with E-state index in [1.807, 2.05) is 0 Å². The van der Waals surface area contributed by atoms with E-state index in [0.29, 0.717) is 16.3 Å². The van der Waals surface area contributed by atoms with Gasteiger partial charge in [-0.2, -0.15) is 8.42 Å². The van der Waals surface area contributed by atoms with Crippen LogP contribution in [0.4, 0.5) is 5.69 Å². The molecule has 0 aliphatic carbocycles. The molecule has 5 nitrogen and oxygen atoms in total. The van der Waals surface area contributed by atoms with Crippen LogP contribution >= 0.6 is 11.6 Å². The Morgan fingerprint density at radius 2 is 1.76 bits per heavy atom. The predicted molar refractivity (Wildman–Crippen MR) is 84.4 cm³/mol. The van der Waals surface area contributed by atoms with Crippen LogP contribution in [0.15, 0.2) is 47.4 Å². The molecule has 7 heteroatoms. The molecule has 2 aromatic carbocycles. The van der Waals surface area contributed by atoms with E-state index in [1.165, 1.54) is 6.07 Å². The van der Waals surface area contributed by atoms with Crippen LogP contribution in [0.1, 0.15) is 11.1 Å². The number of hydrogen-bond donors (Lipinski definition) is 3. The normalized spacial score (nSPS) is 11.8. The Balaban J connectivity index is 2.42. The van der Waals surface area contributed by atoms with Gasteiger partial charge in [-0.3, -0.25) is 10.4 Å². The van der Waals surface area contributed by atoms with E-state index in [2.05, 4.69) is 5.43 Å². The molecule has 0 radical (unpaired) electrons. The van der Waals surface area contributed by atoms with Gasteiger partial charge in [0.2, 0.25) is 0 Å². The molecule has 21 heavy (non-hydrogen) atoms. The molecule has 2 aromatic rings. The first-order valence-electron chi connectivity index (χ1n) is 5.92. The topological polar surface area (TPSA) is 92.4 Å². The van der Waals surface area contributed by atoms with Gasteiger partial charge in [-0.05, 0) is 35.4 Å². The van der Waals surface area contributed by atoms with Crippen molar-refractivity contribution < 1.29 is 13.0 Å². The van der Waals surface area contributed by atoms with Crippen LogP contribution in [0.5, 0.6) is 0 Å². The monoisotopic (exact) mass is 324 g/mol. The molecule has 0 fully saturated rings. The number of rotatable bonds is 4. The third-order valence-electron chi connectivity index (χ3n) is 2.78. The molecular weight excluding hydrogens is 312 g/mol. The molecule has 0 unspecified atom stereocenters. The minimum atomic E-state index is -4.35. The summed E-state index contributed by atoms with van der Waals surface area (Å²) in [5.74, 6) is 5.23. The number of benzene rings is 2. The van der Waals surface area contributed by atoms with Gasteiger partial charge in [-0.15, -0.1) is 0 Å². The fourth-order valence-corrected chi connectivity index (χ4v) is 2.58. The van der Waals surface area contributed by atoms with E-state index in [9.17, 15) is 13.0 Å². The number of nitrogens with two attached hydrogens (primary N) is 1. The van der Waals surface area contributed by atoms with Gasteiger partial charge in [0.25, 0.3) is 10.1 Å². The van der Waals surface area contributed by atoms with Crippen molar-refractivity contribution in [3.63, 3.8) is 0 Å². The van der Waals surface area contributed by atoms with Crippen molar-refractivity contribution in [2.75, 3.05) is 5.43 Å². The second-order valence-electron chi connectivity index (χ2n) is 4.26. The SMILES string of the molecule is NNc1ccc(C=Cc2ccc(Cl)cc2)c(S(=O)(=O)O)c1. The van der Waals surface area contributed by atoms with Gasteiger partial charge in [-0.25, -0.2) is 0 Å². The summed E-state index contributed by atoms with van der Waals surface area (Å²) in [6, 6.07) is 11.5. The Kier molecular flexibility index (Phi) is 4.64. The van der Waals surface area contributed by atoms with Crippen molar-refractivity contribution in [1.82, 2.24) is 0 Å². The summed E-state index contributed by atoms with van der Waals surface area (Å²) in [5.41, 5.74) is 3.92. The zero-order valence-electron chi connectivity index (χ0n) is 10.8. The van der Waals surface area contributed by atoms with E-state index in [4.69, 9.17) is 17.4 Å². The summed E-state index contributed by atoms with van der Waals surface area (Å²) in [5, 5.41) is 0.615. The van der Waals surface area contributed by atoms with Gasteiger partial charge in [0.05, 0.1) is 0 Å². The maximum atomic E-state index is 11.4. The molecule has 0 atom stereocenters. The quantitative estimate of drug-likeness (QED) is 0.348. The van der Waals surface area contributed by atoms with Crippen LogP contribution in [0.3, 0.4) is 0 Å². The second kappa shape index (κ2) is 6.28. The molecule has 0 saturated carbocycles. The number of hydrogen-bond acceptors (Lipinski definition) is 4. The van der Waals surface area contributed by atoms with Gasteiger partial charge in [0, 0.05) is 10.7 Å². The molecular formula is C14H13ClN2O3S. The molecule has 0 saturated heterocycles. The minimum absolute atomic E-state index is 0.219. The molecule has 0 aromatic heterocycles. The highest BCUT2D eigenvalue weighted by Crippen LogP contribution is 2.22. The Morgan fingerprint density at radius 3 is 2.33 bits per heavy atom. The van der Waals surface area contributed by atoms with Crippen LogP contribution in [-0.4, -0.2) is 13.0 Å². The highest BCUT2D eigenvalue weighted by Gasteiger charge is 2.14. The largest absolute Gasteiger partial charge is 0.324 e. The molecule has 0 heterocycles. The lowest BCUT2D eigenvalue weighted by atomic mass is 10.1. The van der Waals surface area contributed by atoms with Crippen molar-refractivity contribution in [2.24, 2.45) is 5.84 Å².